The van der Waals surface area contributed by atoms with Crippen LogP contribution in [0.1, 0.15) is 6.92 Å². The monoisotopic (exact) mass is 303 g/mol. The van der Waals surface area contributed by atoms with E-state index in [1.165, 1.54) is 11.8 Å². The SMILES string of the molecule is C=CCn1nnnc1SCC(=O)N(CC)c1ccccc1. The molecular formula is C14H17N5OS. The van der Waals surface area contributed by atoms with Gasteiger partial charge in [-0.3, -0.25) is 4.79 Å². The summed E-state index contributed by atoms with van der Waals surface area (Å²) >= 11 is 1.33. The van der Waals surface area contributed by atoms with Gasteiger partial charge in [0.1, 0.15) is 0 Å². The molecular weight excluding hydrogens is 286 g/mol. The molecule has 1 heterocycles. The molecule has 0 aliphatic heterocycles. The van der Waals surface area contributed by atoms with E-state index < -0.39 is 0 Å². The van der Waals surface area contributed by atoms with Crippen LogP contribution in [-0.2, 0) is 11.3 Å². The minimum Gasteiger partial charge on any atom is -0.312 e. The maximum Gasteiger partial charge on any atom is 0.237 e. The molecule has 0 N–H and O–H groups in total. The fourth-order valence-corrected chi connectivity index (χ4v) is 2.61. The largest absolute Gasteiger partial charge is 0.312 e. The molecule has 1 amide bonds. The number of hydrogen-bond acceptors (Lipinski definition) is 5. The topological polar surface area (TPSA) is 63.9 Å². The average Bonchev–Trinajstić information content (AvgIpc) is 2.95. The van der Waals surface area contributed by atoms with Crippen LogP contribution in [-0.4, -0.2) is 38.4 Å². The molecule has 6 nitrogen and oxygen atoms in total. The van der Waals surface area contributed by atoms with Gasteiger partial charge in [0.2, 0.25) is 11.1 Å². The van der Waals surface area contributed by atoms with Gasteiger partial charge in [-0.05, 0) is 29.5 Å². The number of rotatable bonds is 7. The Morgan fingerprint density at radius 1 is 1.43 bits per heavy atom. The Bertz CT molecular complexity index is 598. The number of carbonyl (C=O) groups excluding carboxylic acids is 1. The van der Waals surface area contributed by atoms with Crippen molar-refractivity contribution >= 4 is 23.4 Å². The third-order valence-corrected chi connectivity index (χ3v) is 3.75. The zero-order valence-electron chi connectivity index (χ0n) is 11.8. The first-order valence-corrected chi connectivity index (χ1v) is 7.60. The maximum atomic E-state index is 12.3. The van der Waals surface area contributed by atoms with E-state index in [4.69, 9.17) is 0 Å². The van der Waals surface area contributed by atoms with Crippen LogP contribution in [0.2, 0.25) is 0 Å². The van der Waals surface area contributed by atoms with Crippen molar-refractivity contribution in [2.45, 2.75) is 18.6 Å². The van der Waals surface area contributed by atoms with Crippen molar-refractivity contribution < 1.29 is 4.79 Å². The molecule has 0 aliphatic rings. The van der Waals surface area contributed by atoms with E-state index in [0.29, 0.717) is 24.0 Å². The number of amides is 1. The summed E-state index contributed by atoms with van der Waals surface area (Å²) in [7, 11) is 0. The Balaban J connectivity index is 2.00. The second-order valence-electron chi connectivity index (χ2n) is 4.19. The average molecular weight is 303 g/mol. The van der Waals surface area contributed by atoms with E-state index in [-0.39, 0.29) is 5.91 Å². The van der Waals surface area contributed by atoms with Gasteiger partial charge < -0.3 is 4.90 Å². The highest BCUT2D eigenvalue weighted by Gasteiger charge is 2.15. The van der Waals surface area contributed by atoms with Gasteiger partial charge in [0.25, 0.3) is 0 Å². The zero-order valence-corrected chi connectivity index (χ0v) is 12.7. The van der Waals surface area contributed by atoms with Crippen LogP contribution in [0, 0.1) is 0 Å². The molecule has 2 aromatic rings. The number of hydrogen-bond donors (Lipinski definition) is 0. The Morgan fingerprint density at radius 3 is 2.86 bits per heavy atom. The molecule has 0 fully saturated rings. The molecule has 0 spiro atoms. The third kappa shape index (κ3) is 3.91. The number of carbonyl (C=O) groups is 1. The van der Waals surface area contributed by atoms with Crippen LogP contribution in [0.25, 0.3) is 0 Å². The van der Waals surface area contributed by atoms with Gasteiger partial charge in [-0.15, -0.1) is 11.7 Å². The number of para-hydroxylation sites is 1. The van der Waals surface area contributed by atoms with Crippen LogP contribution in [0.4, 0.5) is 5.69 Å². The number of benzene rings is 1. The second-order valence-corrected chi connectivity index (χ2v) is 5.14. The molecule has 7 heteroatoms. The van der Waals surface area contributed by atoms with Crippen molar-refractivity contribution in [3.8, 4) is 0 Å². The molecule has 0 saturated heterocycles. The Labute approximate surface area is 127 Å². The van der Waals surface area contributed by atoms with Crippen LogP contribution in [0.3, 0.4) is 0 Å². The van der Waals surface area contributed by atoms with E-state index in [1.54, 1.807) is 15.7 Å². The molecule has 0 unspecified atom stereocenters. The van der Waals surface area contributed by atoms with Gasteiger partial charge in [0, 0.05) is 12.2 Å². The zero-order chi connectivity index (χ0) is 15.1. The summed E-state index contributed by atoms with van der Waals surface area (Å²) in [4.78, 5) is 14.1. The Morgan fingerprint density at radius 2 is 2.19 bits per heavy atom. The molecule has 0 radical (unpaired) electrons. The molecule has 0 saturated carbocycles. The summed E-state index contributed by atoms with van der Waals surface area (Å²) in [6.45, 7) is 6.76. The van der Waals surface area contributed by atoms with Crippen molar-refractivity contribution in [1.82, 2.24) is 20.2 Å². The Kier molecular flexibility index (Phi) is 5.51. The molecule has 110 valence electrons. The standard InChI is InChI=1S/C14H17N5OS/c1-3-10-19-14(15-16-17-19)21-11-13(20)18(4-2)12-8-6-5-7-9-12/h3,5-9H,1,4,10-11H2,2H3. The van der Waals surface area contributed by atoms with Crippen molar-refractivity contribution in [3.05, 3.63) is 43.0 Å². The van der Waals surface area contributed by atoms with Crippen LogP contribution < -0.4 is 4.90 Å². The predicted molar refractivity (Wildman–Crippen MR) is 83.2 cm³/mol. The molecule has 2 rings (SSSR count). The second kappa shape index (κ2) is 7.58. The highest BCUT2D eigenvalue weighted by Crippen LogP contribution is 2.18. The van der Waals surface area contributed by atoms with E-state index in [1.807, 2.05) is 37.3 Å². The lowest BCUT2D eigenvalue weighted by Gasteiger charge is -2.20. The summed E-state index contributed by atoms with van der Waals surface area (Å²) < 4.78 is 1.61. The minimum absolute atomic E-state index is 0.0295. The first-order valence-electron chi connectivity index (χ1n) is 6.61. The summed E-state index contributed by atoms with van der Waals surface area (Å²) in [5.74, 6) is 0.321. The van der Waals surface area contributed by atoms with Gasteiger partial charge >= 0.3 is 0 Å². The quantitative estimate of drug-likeness (QED) is 0.578. The van der Waals surface area contributed by atoms with Gasteiger partial charge in [-0.1, -0.05) is 36.0 Å². The molecule has 1 aromatic heterocycles. The number of thioether (sulfide) groups is 1. The number of allylic oxidation sites excluding steroid dienone is 1. The number of tetrazole rings is 1. The lowest BCUT2D eigenvalue weighted by Crippen LogP contribution is -2.32. The van der Waals surface area contributed by atoms with Crippen molar-refractivity contribution in [2.24, 2.45) is 0 Å². The van der Waals surface area contributed by atoms with Crippen LogP contribution >= 0.6 is 11.8 Å². The maximum absolute atomic E-state index is 12.3. The molecule has 21 heavy (non-hydrogen) atoms. The molecule has 0 bridgehead atoms. The molecule has 1 aromatic carbocycles. The fraction of sp³-hybridized carbons (Fsp3) is 0.286. The highest BCUT2D eigenvalue weighted by atomic mass is 32.2. The van der Waals surface area contributed by atoms with E-state index in [2.05, 4.69) is 22.1 Å². The van der Waals surface area contributed by atoms with Crippen molar-refractivity contribution in [2.75, 3.05) is 17.2 Å². The smallest absolute Gasteiger partial charge is 0.237 e. The first-order chi connectivity index (χ1) is 10.3. The van der Waals surface area contributed by atoms with E-state index in [0.717, 1.165) is 5.69 Å². The predicted octanol–water partition coefficient (Wildman–Crippen LogP) is 2.00. The first kappa shape index (κ1) is 15.2. The fourth-order valence-electron chi connectivity index (χ4n) is 1.85. The summed E-state index contributed by atoms with van der Waals surface area (Å²) in [5.41, 5.74) is 0.899. The molecule has 0 aliphatic carbocycles. The van der Waals surface area contributed by atoms with Crippen molar-refractivity contribution in [3.63, 3.8) is 0 Å². The van der Waals surface area contributed by atoms with Crippen LogP contribution in [0.5, 0.6) is 0 Å². The Hall–Kier alpha value is -2.15. The number of anilines is 1. The van der Waals surface area contributed by atoms with Gasteiger partial charge in [-0.25, -0.2) is 4.68 Å². The summed E-state index contributed by atoms with van der Waals surface area (Å²) in [6.07, 6.45) is 1.71. The van der Waals surface area contributed by atoms with Gasteiger partial charge in [-0.2, -0.15) is 0 Å². The number of nitrogens with zero attached hydrogens (tertiary/aromatic N) is 5. The number of aromatic nitrogens is 4. The van der Waals surface area contributed by atoms with Crippen molar-refractivity contribution in [1.29, 1.82) is 0 Å². The lowest BCUT2D eigenvalue weighted by molar-refractivity contribution is -0.116. The van der Waals surface area contributed by atoms with Gasteiger partial charge in [0.05, 0.1) is 12.3 Å². The van der Waals surface area contributed by atoms with E-state index in [9.17, 15) is 4.79 Å². The highest BCUT2D eigenvalue weighted by molar-refractivity contribution is 7.99. The van der Waals surface area contributed by atoms with Gasteiger partial charge in [0.15, 0.2) is 0 Å². The van der Waals surface area contributed by atoms with Crippen LogP contribution in [0.15, 0.2) is 48.1 Å². The summed E-state index contributed by atoms with van der Waals surface area (Å²) in [5, 5.41) is 12.0. The lowest BCUT2D eigenvalue weighted by atomic mass is 10.3. The van der Waals surface area contributed by atoms with E-state index >= 15 is 0 Å². The summed E-state index contributed by atoms with van der Waals surface area (Å²) in [6, 6.07) is 9.62. The third-order valence-electron chi connectivity index (χ3n) is 2.81. The molecule has 0 atom stereocenters. The minimum atomic E-state index is 0.0295. The normalized spacial score (nSPS) is 10.3.